The van der Waals surface area contributed by atoms with E-state index in [0.717, 1.165) is 16.9 Å². The number of aromatic nitrogens is 3. The zero-order valence-corrected chi connectivity index (χ0v) is 16.5. The summed E-state index contributed by atoms with van der Waals surface area (Å²) in [5, 5.41) is 11.7. The molecule has 1 N–H and O–H groups in total. The molecule has 1 amide bonds. The fourth-order valence-electron chi connectivity index (χ4n) is 2.64. The van der Waals surface area contributed by atoms with Crippen LogP contribution in [0, 0.1) is 0 Å². The van der Waals surface area contributed by atoms with Crippen molar-refractivity contribution in [2.75, 3.05) is 12.8 Å². The summed E-state index contributed by atoms with van der Waals surface area (Å²) in [6.45, 7) is 4.61. The highest BCUT2D eigenvalue weighted by molar-refractivity contribution is 7.99. The first-order chi connectivity index (χ1) is 13.7. The number of nitrogens with zero attached hydrogens (tertiary/aromatic N) is 3. The summed E-state index contributed by atoms with van der Waals surface area (Å²) in [4.78, 5) is 11.5. The van der Waals surface area contributed by atoms with Crippen molar-refractivity contribution in [1.29, 1.82) is 0 Å². The summed E-state index contributed by atoms with van der Waals surface area (Å²) in [6, 6.07) is 18.0. The van der Waals surface area contributed by atoms with Crippen LogP contribution in [0.15, 0.2) is 72.4 Å². The average molecular weight is 395 g/mol. The number of benzene rings is 2. The minimum Gasteiger partial charge on any atom is -0.485 e. The van der Waals surface area contributed by atoms with E-state index in [4.69, 9.17) is 4.74 Å². The molecule has 0 saturated carbocycles. The molecule has 1 heterocycles. The van der Waals surface area contributed by atoms with Crippen molar-refractivity contribution in [3.05, 3.63) is 73.1 Å². The number of carbonyl (C=O) groups is 1. The zero-order chi connectivity index (χ0) is 19.8. The van der Waals surface area contributed by atoms with Gasteiger partial charge in [-0.05, 0) is 11.6 Å². The summed E-state index contributed by atoms with van der Waals surface area (Å²) < 4.78 is 7.99. The smallest absolute Gasteiger partial charge is 0.230 e. The van der Waals surface area contributed by atoms with Crippen LogP contribution in [0.3, 0.4) is 0 Å². The van der Waals surface area contributed by atoms with Crippen molar-refractivity contribution in [3.63, 3.8) is 0 Å². The maximum absolute atomic E-state index is 11.5. The highest BCUT2D eigenvalue weighted by Crippen LogP contribution is 2.30. The van der Waals surface area contributed by atoms with Crippen LogP contribution < -0.4 is 10.1 Å². The molecule has 6 nitrogen and oxygen atoms in total. The van der Waals surface area contributed by atoms with Crippen LogP contribution >= 0.6 is 11.8 Å². The molecule has 0 aliphatic heterocycles. The molecule has 3 rings (SSSR count). The Kier molecular flexibility index (Phi) is 6.86. The van der Waals surface area contributed by atoms with E-state index < -0.39 is 0 Å². The number of para-hydroxylation sites is 1. The standard InChI is InChI=1S/C21H22N4O2S/c1-3-13-25-19(23-24-21(25)28-15-20(26)22-2)14-27-18-12-8-7-11-17(18)16-9-5-4-6-10-16/h3-12H,1,13-15H2,2H3,(H,22,26). The zero-order valence-electron chi connectivity index (χ0n) is 15.7. The van der Waals surface area contributed by atoms with E-state index in [0.29, 0.717) is 17.5 Å². The van der Waals surface area contributed by atoms with Gasteiger partial charge in [0.05, 0.1) is 5.75 Å². The molecular formula is C21H22N4O2S. The minimum atomic E-state index is -0.0623. The number of thioether (sulfide) groups is 1. The van der Waals surface area contributed by atoms with Crippen molar-refractivity contribution < 1.29 is 9.53 Å². The molecule has 28 heavy (non-hydrogen) atoms. The molecule has 0 fully saturated rings. The van der Waals surface area contributed by atoms with Gasteiger partial charge in [0.25, 0.3) is 0 Å². The van der Waals surface area contributed by atoms with Gasteiger partial charge < -0.3 is 10.1 Å². The SMILES string of the molecule is C=CCn1c(COc2ccccc2-c2ccccc2)nnc1SCC(=O)NC. The Balaban J connectivity index is 1.77. The normalized spacial score (nSPS) is 10.5. The number of hydrogen-bond acceptors (Lipinski definition) is 5. The third kappa shape index (κ3) is 4.80. The minimum absolute atomic E-state index is 0.0623. The Hall–Kier alpha value is -3.06. The van der Waals surface area contributed by atoms with Gasteiger partial charge in [-0.15, -0.1) is 16.8 Å². The molecule has 144 valence electrons. The van der Waals surface area contributed by atoms with Gasteiger partial charge in [-0.1, -0.05) is 66.4 Å². The van der Waals surface area contributed by atoms with Crippen LogP contribution in [0.5, 0.6) is 5.75 Å². The van der Waals surface area contributed by atoms with Gasteiger partial charge in [0, 0.05) is 19.2 Å². The second-order valence-corrected chi connectivity index (χ2v) is 6.85. The molecule has 0 aliphatic carbocycles. The average Bonchev–Trinajstić information content (AvgIpc) is 3.13. The fraction of sp³-hybridized carbons (Fsp3) is 0.190. The van der Waals surface area contributed by atoms with Crippen LogP contribution in [0.25, 0.3) is 11.1 Å². The Bertz CT molecular complexity index is 941. The molecule has 2 aromatic carbocycles. The summed E-state index contributed by atoms with van der Waals surface area (Å²) in [7, 11) is 1.61. The molecule has 3 aromatic rings. The lowest BCUT2D eigenvalue weighted by Crippen LogP contribution is -2.20. The van der Waals surface area contributed by atoms with Crippen molar-refractivity contribution in [3.8, 4) is 16.9 Å². The number of carbonyl (C=O) groups excluding carboxylic acids is 1. The predicted octanol–water partition coefficient (Wildman–Crippen LogP) is 3.55. The molecule has 0 bridgehead atoms. The molecule has 0 spiro atoms. The highest BCUT2D eigenvalue weighted by atomic mass is 32.2. The van der Waals surface area contributed by atoms with Crippen LogP contribution in [0.1, 0.15) is 5.82 Å². The third-order valence-electron chi connectivity index (χ3n) is 4.04. The lowest BCUT2D eigenvalue weighted by molar-refractivity contribution is -0.118. The largest absolute Gasteiger partial charge is 0.485 e. The third-order valence-corrected chi connectivity index (χ3v) is 5.01. The Morgan fingerprint density at radius 1 is 1.18 bits per heavy atom. The van der Waals surface area contributed by atoms with E-state index in [2.05, 4.69) is 34.2 Å². The summed E-state index contributed by atoms with van der Waals surface area (Å²) in [5.74, 6) is 1.68. The monoisotopic (exact) mass is 394 g/mol. The number of ether oxygens (including phenoxy) is 1. The maximum Gasteiger partial charge on any atom is 0.230 e. The molecule has 0 radical (unpaired) electrons. The van der Waals surface area contributed by atoms with E-state index >= 15 is 0 Å². The topological polar surface area (TPSA) is 69.0 Å². The van der Waals surface area contributed by atoms with Gasteiger partial charge in [-0.25, -0.2) is 0 Å². The predicted molar refractivity (Wildman–Crippen MR) is 111 cm³/mol. The van der Waals surface area contributed by atoms with Gasteiger partial charge in [0.2, 0.25) is 5.91 Å². The van der Waals surface area contributed by atoms with Crippen LogP contribution in [-0.2, 0) is 17.9 Å². The lowest BCUT2D eigenvalue weighted by Gasteiger charge is -2.12. The second kappa shape index (κ2) is 9.75. The van der Waals surface area contributed by atoms with Gasteiger partial charge >= 0.3 is 0 Å². The molecule has 1 aromatic heterocycles. The van der Waals surface area contributed by atoms with Crippen molar-refractivity contribution >= 4 is 17.7 Å². The van der Waals surface area contributed by atoms with Gasteiger partial charge in [0.15, 0.2) is 11.0 Å². The van der Waals surface area contributed by atoms with E-state index in [-0.39, 0.29) is 18.3 Å². The van der Waals surface area contributed by atoms with Crippen molar-refractivity contribution in [1.82, 2.24) is 20.1 Å². The maximum atomic E-state index is 11.5. The molecular weight excluding hydrogens is 372 g/mol. The summed E-state index contributed by atoms with van der Waals surface area (Å²) >= 11 is 1.34. The van der Waals surface area contributed by atoms with Gasteiger partial charge in [-0.2, -0.15) is 0 Å². The first kappa shape index (κ1) is 19.7. The molecule has 7 heteroatoms. The van der Waals surface area contributed by atoms with Crippen molar-refractivity contribution in [2.24, 2.45) is 0 Å². The molecule has 0 saturated heterocycles. The highest BCUT2D eigenvalue weighted by Gasteiger charge is 2.14. The number of amides is 1. The van der Waals surface area contributed by atoms with E-state index in [1.807, 2.05) is 47.0 Å². The second-order valence-electron chi connectivity index (χ2n) is 5.91. The quantitative estimate of drug-likeness (QED) is 0.444. The Morgan fingerprint density at radius 3 is 2.68 bits per heavy atom. The first-order valence-corrected chi connectivity index (χ1v) is 9.85. The van der Waals surface area contributed by atoms with Crippen LogP contribution in [0.4, 0.5) is 0 Å². The van der Waals surface area contributed by atoms with E-state index in [1.165, 1.54) is 11.8 Å². The summed E-state index contributed by atoms with van der Waals surface area (Å²) in [6.07, 6.45) is 1.77. The summed E-state index contributed by atoms with van der Waals surface area (Å²) in [5.41, 5.74) is 2.11. The van der Waals surface area contributed by atoms with Gasteiger partial charge in [0.1, 0.15) is 12.4 Å². The number of allylic oxidation sites excluding steroid dienone is 1. The van der Waals surface area contributed by atoms with Crippen LogP contribution in [0.2, 0.25) is 0 Å². The number of rotatable bonds is 9. The van der Waals surface area contributed by atoms with E-state index in [1.54, 1.807) is 13.1 Å². The molecule has 0 aliphatic rings. The number of hydrogen-bond donors (Lipinski definition) is 1. The Labute approximate surface area is 168 Å². The van der Waals surface area contributed by atoms with E-state index in [9.17, 15) is 4.79 Å². The van der Waals surface area contributed by atoms with Crippen LogP contribution in [-0.4, -0.2) is 33.5 Å². The number of nitrogens with one attached hydrogen (secondary N) is 1. The first-order valence-electron chi connectivity index (χ1n) is 8.86. The van der Waals surface area contributed by atoms with Gasteiger partial charge in [-0.3, -0.25) is 9.36 Å². The lowest BCUT2D eigenvalue weighted by atomic mass is 10.1. The fourth-order valence-corrected chi connectivity index (χ4v) is 3.48. The Morgan fingerprint density at radius 2 is 1.93 bits per heavy atom. The van der Waals surface area contributed by atoms with Crippen molar-refractivity contribution in [2.45, 2.75) is 18.3 Å². The molecule has 0 atom stereocenters. The molecule has 0 unspecified atom stereocenters.